The highest BCUT2D eigenvalue weighted by Gasteiger charge is 2.14. The summed E-state index contributed by atoms with van der Waals surface area (Å²) in [4.78, 5) is 0.0529. The van der Waals surface area contributed by atoms with Gasteiger partial charge < -0.3 is 4.74 Å². The van der Waals surface area contributed by atoms with Crippen molar-refractivity contribution in [2.24, 2.45) is 5.16 Å². The molecule has 0 saturated heterocycles. The molecule has 0 spiro atoms. The maximum Gasteiger partial charge on any atom is 0.358 e. The molecule has 104 valence electrons. The molecular weight excluding hydrogens is 278 g/mol. The van der Waals surface area contributed by atoms with E-state index in [4.69, 9.17) is 4.74 Å². The monoisotopic (exact) mass is 291 g/mol. The van der Waals surface area contributed by atoms with Gasteiger partial charge in [-0.15, -0.1) is 0 Å². The van der Waals surface area contributed by atoms with Gasteiger partial charge in [0.2, 0.25) is 0 Å². The van der Waals surface area contributed by atoms with E-state index >= 15 is 0 Å². The molecule has 2 rings (SSSR count). The van der Waals surface area contributed by atoms with Gasteiger partial charge in [-0.05, 0) is 24.3 Å². The Morgan fingerprint density at radius 3 is 2.35 bits per heavy atom. The van der Waals surface area contributed by atoms with Crippen LogP contribution in [0.25, 0.3) is 0 Å². The van der Waals surface area contributed by atoms with Gasteiger partial charge in [0.05, 0.1) is 13.3 Å². The fraction of sp³-hybridized carbons (Fsp3) is 0.0714. The Morgan fingerprint density at radius 2 is 1.65 bits per heavy atom. The molecule has 0 atom stereocenters. The lowest BCUT2D eigenvalue weighted by atomic mass is 10.2. The Bertz CT molecular complexity index is 696. The Balaban J connectivity index is 2.14. The third kappa shape index (κ3) is 3.36. The van der Waals surface area contributed by atoms with E-state index < -0.39 is 10.1 Å². The van der Waals surface area contributed by atoms with Crippen LogP contribution in [0.4, 0.5) is 0 Å². The highest BCUT2D eigenvalue weighted by atomic mass is 32.2. The summed E-state index contributed by atoms with van der Waals surface area (Å²) in [5.74, 6) is 0.581. The first-order chi connectivity index (χ1) is 9.63. The molecule has 0 amide bonds. The molecule has 6 heteroatoms. The summed E-state index contributed by atoms with van der Waals surface area (Å²) >= 11 is 0. The number of oxime groups is 1. The minimum atomic E-state index is -3.89. The second-order valence-corrected chi connectivity index (χ2v) is 5.35. The molecule has 5 nitrogen and oxygen atoms in total. The van der Waals surface area contributed by atoms with Crippen LogP contribution in [0.15, 0.2) is 64.6 Å². The van der Waals surface area contributed by atoms with Gasteiger partial charge in [-0.25, -0.2) is 0 Å². The number of nitrogens with zero attached hydrogens (tertiary/aromatic N) is 1. The number of benzene rings is 2. The summed E-state index contributed by atoms with van der Waals surface area (Å²) in [5.41, 5.74) is 0.623. The van der Waals surface area contributed by atoms with E-state index in [9.17, 15) is 8.42 Å². The lowest BCUT2D eigenvalue weighted by Crippen LogP contribution is -2.02. The van der Waals surface area contributed by atoms with E-state index in [1.165, 1.54) is 25.5 Å². The van der Waals surface area contributed by atoms with Gasteiger partial charge in [-0.1, -0.05) is 35.5 Å². The van der Waals surface area contributed by atoms with E-state index in [0.29, 0.717) is 11.3 Å². The van der Waals surface area contributed by atoms with Gasteiger partial charge in [0, 0.05) is 5.56 Å². The van der Waals surface area contributed by atoms with E-state index in [0.717, 1.165) is 0 Å². The van der Waals surface area contributed by atoms with Gasteiger partial charge in [0.1, 0.15) is 10.6 Å². The smallest absolute Gasteiger partial charge is 0.358 e. The summed E-state index contributed by atoms with van der Waals surface area (Å²) in [6.07, 6.45) is 1.29. The quantitative estimate of drug-likeness (QED) is 0.627. The minimum Gasteiger partial charge on any atom is -0.496 e. The van der Waals surface area contributed by atoms with Crippen molar-refractivity contribution >= 4 is 16.3 Å². The summed E-state index contributed by atoms with van der Waals surface area (Å²) < 4.78 is 33.3. The van der Waals surface area contributed by atoms with Crippen molar-refractivity contribution in [1.29, 1.82) is 0 Å². The number of para-hydroxylation sites is 1. The first-order valence-corrected chi connectivity index (χ1v) is 7.19. The number of hydrogen-bond acceptors (Lipinski definition) is 5. The molecule has 0 aromatic heterocycles. The third-order valence-corrected chi connectivity index (χ3v) is 3.64. The number of ether oxygens (including phenoxy) is 1. The molecule has 0 unspecified atom stereocenters. The largest absolute Gasteiger partial charge is 0.496 e. The van der Waals surface area contributed by atoms with Crippen LogP contribution in [0.5, 0.6) is 5.75 Å². The highest BCUT2D eigenvalue weighted by Crippen LogP contribution is 2.16. The fourth-order valence-corrected chi connectivity index (χ4v) is 2.27. The SMILES string of the molecule is COc1ccccc1/C=N/OS(=O)(=O)c1ccccc1. The van der Waals surface area contributed by atoms with Gasteiger partial charge in [0.15, 0.2) is 0 Å². The standard InChI is InChI=1S/C14H13NO4S/c1-18-14-10-6-5-7-12(14)11-15-19-20(16,17)13-8-3-2-4-9-13/h2-11H,1H3/b15-11+. The Kier molecular flexibility index (Phi) is 4.37. The zero-order chi connectivity index (χ0) is 14.4. The van der Waals surface area contributed by atoms with Gasteiger partial charge in [0.25, 0.3) is 0 Å². The average molecular weight is 291 g/mol. The van der Waals surface area contributed by atoms with Crippen LogP contribution in [-0.4, -0.2) is 21.7 Å². The average Bonchev–Trinajstić information content (AvgIpc) is 2.48. The zero-order valence-corrected chi connectivity index (χ0v) is 11.6. The molecule has 0 radical (unpaired) electrons. The van der Waals surface area contributed by atoms with Crippen LogP contribution in [0.3, 0.4) is 0 Å². The second kappa shape index (κ2) is 6.21. The molecular formula is C14H13NO4S. The molecule has 2 aromatic rings. The number of methoxy groups -OCH3 is 1. The van der Waals surface area contributed by atoms with Crippen molar-refractivity contribution in [3.63, 3.8) is 0 Å². The summed E-state index contributed by atoms with van der Waals surface area (Å²) in [7, 11) is -2.37. The second-order valence-electron chi connectivity index (χ2n) is 3.82. The Hall–Kier alpha value is -2.34. The molecule has 0 saturated carbocycles. The topological polar surface area (TPSA) is 65.0 Å². The predicted octanol–water partition coefficient (Wildman–Crippen LogP) is 2.43. The van der Waals surface area contributed by atoms with E-state index in [2.05, 4.69) is 9.44 Å². The first kappa shape index (κ1) is 14.1. The summed E-state index contributed by atoms with van der Waals surface area (Å²) in [5, 5.41) is 3.51. The summed E-state index contributed by atoms with van der Waals surface area (Å²) in [6.45, 7) is 0. The van der Waals surface area contributed by atoms with Crippen LogP contribution >= 0.6 is 0 Å². The van der Waals surface area contributed by atoms with Crippen molar-refractivity contribution < 1.29 is 17.4 Å². The van der Waals surface area contributed by atoms with Crippen molar-refractivity contribution in [3.05, 3.63) is 60.2 Å². The maximum absolute atomic E-state index is 11.8. The summed E-state index contributed by atoms with van der Waals surface area (Å²) in [6, 6.07) is 14.9. The molecule has 0 heterocycles. The Morgan fingerprint density at radius 1 is 1.00 bits per heavy atom. The van der Waals surface area contributed by atoms with E-state index in [1.807, 2.05) is 0 Å². The zero-order valence-electron chi connectivity index (χ0n) is 10.8. The molecule has 0 aliphatic rings. The van der Waals surface area contributed by atoms with Crippen molar-refractivity contribution in [2.75, 3.05) is 7.11 Å². The lowest BCUT2D eigenvalue weighted by Gasteiger charge is -2.03. The van der Waals surface area contributed by atoms with Crippen LogP contribution in [0.1, 0.15) is 5.56 Å². The van der Waals surface area contributed by atoms with Gasteiger partial charge in [-0.2, -0.15) is 8.42 Å². The van der Waals surface area contributed by atoms with E-state index in [1.54, 1.807) is 42.5 Å². The molecule has 20 heavy (non-hydrogen) atoms. The van der Waals surface area contributed by atoms with Gasteiger partial charge >= 0.3 is 10.1 Å². The number of rotatable bonds is 5. The minimum absolute atomic E-state index is 0.0529. The van der Waals surface area contributed by atoms with Crippen LogP contribution in [0.2, 0.25) is 0 Å². The van der Waals surface area contributed by atoms with Crippen molar-refractivity contribution in [1.82, 2.24) is 0 Å². The molecule has 0 N–H and O–H groups in total. The number of hydrogen-bond donors (Lipinski definition) is 0. The Labute approximate surface area is 117 Å². The third-order valence-electron chi connectivity index (χ3n) is 2.50. The predicted molar refractivity (Wildman–Crippen MR) is 75.3 cm³/mol. The van der Waals surface area contributed by atoms with Crippen molar-refractivity contribution in [3.8, 4) is 5.75 Å². The fourth-order valence-electron chi connectivity index (χ4n) is 1.54. The molecule has 2 aromatic carbocycles. The van der Waals surface area contributed by atoms with Crippen LogP contribution < -0.4 is 4.74 Å². The maximum atomic E-state index is 11.8. The van der Waals surface area contributed by atoms with Crippen LogP contribution in [-0.2, 0) is 14.4 Å². The highest BCUT2D eigenvalue weighted by molar-refractivity contribution is 7.86. The van der Waals surface area contributed by atoms with Crippen LogP contribution in [0, 0.1) is 0 Å². The lowest BCUT2D eigenvalue weighted by molar-refractivity contribution is 0.340. The molecule has 0 aliphatic carbocycles. The molecule has 0 fully saturated rings. The molecule has 0 bridgehead atoms. The van der Waals surface area contributed by atoms with E-state index in [-0.39, 0.29) is 4.90 Å². The normalized spacial score (nSPS) is 11.4. The molecule has 0 aliphatic heterocycles. The van der Waals surface area contributed by atoms with Crippen molar-refractivity contribution in [2.45, 2.75) is 4.90 Å². The first-order valence-electron chi connectivity index (χ1n) is 5.78. The van der Waals surface area contributed by atoms with Gasteiger partial charge in [-0.3, -0.25) is 4.28 Å².